The summed E-state index contributed by atoms with van der Waals surface area (Å²) < 4.78 is 0. The maximum atomic E-state index is 12.9. The van der Waals surface area contributed by atoms with Crippen LogP contribution in [0.3, 0.4) is 0 Å². The Bertz CT molecular complexity index is 776. The molecule has 2 heterocycles. The van der Waals surface area contributed by atoms with Gasteiger partial charge in [-0.25, -0.2) is 4.79 Å². The van der Waals surface area contributed by atoms with Gasteiger partial charge in [0, 0.05) is 4.88 Å². The summed E-state index contributed by atoms with van der Waals surface area (Å²) in [6, 6.07) is 12.4. The molecule has 130 valence electrons. The number of hydrogen-bond donors (Lipinski definition) is 2. The Labute approximate surface area is 149 Å². The van der Waals surface area contributed by atoms with Crippen molar-refractivity contribution in [1.82, 2.24) is 15.5 Å². The molecule has 1 aliphatic rings. The van der Waals surface area contributed by atoms with Gasteiger partial charge in [-0.1, -0.05) is 43.3 Å². The van der Waals surface area contributed by atoms with E-state index < -0.39 is 17.5 Å². The first kappa shape index (κ1) is 17.2. The second-order valence-electron chi connectivity index (χ2n) is 5.80. The Morgan fingerprint density at radius 1 is 1.20 bits per heavy atom. The lowest BCUT2D eigenvalue weighted by molar-refractivity contribution is -0.135. The summed E-state index contributed by atoms with van der Waals surface area (Å²) in [5.74, 6) is -0.755. The zero-order chi connectivity index (χ0) is 17.9. The van der Waals surface area contributed by atoms with E-state index in [9.17, 15) is 14.4 Å². The van der Waals surface area contributed by atoms with Crippen LogP contribution in [-0.2, 0) is 21.7 Å². The molecule has 0 bridgehead atoms. The zero-order valence-electron chi connectivity index (χ0n) is 13.8. The molecule has 0 spiro atoms. The molecule has 1 atom stereocenters. The van der Waals surface area contributed by atoms with Crippen molar-refractivity contribution in [2.75, 3.05) is 6.54 Å². The Morgan fingerprint density at radius 2 is 1.96 bits per heavy atom. The van der Waals surface area contributed by atoms with Gasteiger partial charge in [0.05, 0.1) is 6.54 Å². The third-order valence-corrected chi connectivity index (χ3v) is 5.19. The van der Waals surface area contributed by atoms with Crippen molar-refractivity contribution in [2.24, 2.45) is 0 Å². The topological polar surface area (TPSA) is 78.5 Å². The number of urea groups is 1. The first-order valence-corrected chi connectivity index (χ1v) is 8.93. The zero-order valence-corrected chi connectivity index (χ0v) is 14.6. The summed E-state index contributed by atoms with van der Waals surface area (Å²) in [7, 11) is 0. The molecule has 4 amide bonds. The van der Waals surface area contributed by atoms with Gasteiger partial charge in [-0.15, -0.1) is 11.3 Å². The van der Waals surface area contributed by atoms with Gasteiger partial charge in [0.25, 0.3) is 5.91 Å². The van der Waals surface area contributed by atoms with E-state index in [4.69, 9.17) is 0 Å². The molecule has 1 aromatic carbocycles. The number of hydrogen-bond acceptors (Lipinski definition) is 4. The summed E-state index contributed by atoms with van der Waals surface area (Å²) in [6.45, 7) is 1.94. The standard InChI is InChI=1S/C18H19N3O3S/c1-2-18(13-7-4-3-5-8-13)16(23)21(17(24)20-18)12-15(22)19-11-14-9-6-10-25-14/h3-10H,2,11-12H2,1H3,(H,19,22)(H,20,24)/t18-/m0/s1. The van der Waals surface area contributed by atoms with Gasteiger partial charge in [0.1, 0.15) is 12.1 Å². The number of carbonyl (C=O) groups excluding carboxylic acids is 3. The highest BCUT2D eigenvalue weighted by atomic mass is 32.1. The van der Waals surface area contributed by atoms with Crippen LogP contribution in [0.4, 0.5) is 4.79 Å². The predicted octanol–water partition coefficient (Wildman–Crippen LogP) is 2.22. The summed E-state index contributed by atoms with van der Waals surface area (Å²) >= 11 is 1.53. The molecule has 0 unspecified atom stereocenters. The van der Waals surface area contributed by atoms with Crippen molar-refractivity contribution in [3.63, 3.8) is 0 Å². The molecule has 7 heteroatoms. The van der Waals surface area contributed by atoms with Gasteiger partial charge in [0.2, 0.25) is 5.91 Å². The highest BCUT2D eigenvalue weighted by molar-refractivity contribution is 7.09. The van der Waals surface area contributed by atoms with Crippen LogP contribution in [0.15, 0.2) is 47.8 Å². The highest BCUT2D eigenvalue weighted by Gasteiger charge is 2.51. The van der Waals surface area contributed by atoms with Crippen molar-refractivity contribution < 1.29 is 14.4 Å². The molecule has 0 aliphatic carbocycles. The minimum Gasteiger partial charge on any atom is -0.350 e. The second-order valence-corrected chi connectivity index (χ2v) is 6.83. The summed E-state index contributed by atoms with van der Waals surface area (Å²) in [5.41, 5.74) is -0.385. The van der Waals surface area contributed by atoms with E-state index >= 15 is 0 Å². The van der Waals surface area contributed by atoms with E-state index in [1.807, 2.05) is 54.8 Å². The van der Waals surface area contributed by atoms with Crippen molar-refractivity contribution >= 4 is 29.2 Å². The fourth-order valence-electron chi connectivity index (χ4n) is 2.93. The first-order chi connectivity index (χ1) is 12.1. The molecule has 0 radical (unpaired) electrons. The third-order valence-electron chi connectivity index (χ3n) is 4.31. The molecular formula is C18H19N3O3S. The number of imide groups is 1. The van der Waals surface area contributed by atoms with Crippen LogP contribution in [0, 0.1) is 0 Å². The van der Waals surface area contributed by atoms with E-state index in [1.54, 1.807) is 0 Å². The minimum absolute atomic E-state index is 0.287. The maximum Gasteiger partial charge on any atom is 0.325 e. The number of benzene rings is 1. The van der Waals surface area contributed by atoms with Crippen LogP contribution in [-0.4, -0.2) is 29.3 Å². The van der Waals surface area contributed by atoms with Gasteiger partial charge in [-0.05, 0) is 23.4 Å². The normalized spacial score (nSPS) is 19.8. The lowest BCUT2D eigenvalue weighted by Crippen LogP contribution is -2.44. The quantitative estimate of drug-likeness (QED) is 0.778. The van der Waals surface area contributed by atoms with E-state index in [-0.39, 0.29) is 12.5 Å². The lowest BCUT2D eigenvalue weighted by Gasteiger charge is -2.25. The average molecular weight is 357 g/mol. The van der Waals surface area contributed by atoms with Crippen molar-refractivity contribution in [1.29, 1.82) is 0 Å². The van der Waals surface area contributed by atoms with Gasteiger partial charge >= 0.3 is 6.03 Å². The lowest BCUT2D eigenvalue weighted by atomic mass is 9.87. The number of carbonyl (C=O) groups is 3. The van der Waals surface area contributed by atoms with Crippen molar-refractivity contribution in [3.8, 4) is 0 Å². The number of nitrogens with zero attached hydrogens (tertiary/aromatic N) is 1. The number of amides is 4. The van der Waals surface area contributed by atoms with E-state index in [1.165, 1.54) is 11.3 Å². The third kappa shape index (κ3) is 3.28. The van der Waals surface area contributed by atoms with Crippen LogP contribution in [0.25, 0.3) is 0 Å². The molecule has 3 rings (SSSR count). The number of thiophene rings is 1. The molecule has 25 heavy (non-hydrogen) atoms. The Hall–Kier alpha value is -2.67. The van der Waals surface area contributed by atoms with Crippen molar-refractivity contribution in [2.45, 2.75) is 25.4 Å². The summed E-state index contributed by atoms with van der Waals surface area (Å²) in [4.78, 5) is 39.4. The van der Waals surface area contributed by atoms with Gasteiger partial charge in [-0.3, -0.25) is 14.5 Å². The molecule has 1 aromatic heterocycles. The number of rotatable bonds is 6. The second kappa shape index (κ2) is 7.06. The van der Waals surface area contributed by atoms with E-state index in [2.05, 4.69) is 10.6 Å². The van der Waals surface area contributed by atoms with E-state index in [0.717, 1.165) is 15.3 Å². The molecular weight excluding hydrogens is 338 g/mol. The highest BCUT2D eigenvalue weighted by Crippen LogP contribution is 2.32. The van der Waals surface area contributed by atoms with Gasteiger partial charge in [0.15, 0.2) is 0 Å². The number of nitrogens with one attached hydrogen (secondary N) is 2. The Balaban J connectivity index is 1.71. The smallest absolute Gasteiger partial charge is 0.325 e. The molecule has 0 saturated carbocycles. The fraction of sp³-hybridized carbons (Fsp3) is 0.278. The predicted molar refractivity (Wildman–Crippen MR) is 94.8 cm³/mol. The molecule has 2 aromatic rings. The fourth-order valence-corrected chi connectivity index (χ4v) is 3.57. The van der Waals surface area contributed by atoms with Crippen LogP contribution in [0.5, 0.6) is 0 Å². The summed E-state index contributed by atoms with van der Waals surface area (Å²) in [5, 5.41) is 7.43. The minimum atomic E-state index is -1.10. The Kier molecular flexibility index (Phi) is 4.85. The molecule has 1 saturated heterocycles. The summed E-state index contributed by atoms with van der Waals surface area (Å²) in [6.07, 6.45) is 0.412. The van der Waals surface area contributed by atoms with Gasteiger partial charge in [-0.2, -0.15) is 0 Å². The maximum absolute atomic E-state index is 12.9. The Morgan fingerprint density at radius 3 is 2.60 bits per heavy atom. The van der Waals surface area contributed by atoms with Crippen LogP contribution < -0.4 is 10.6 Å². The molecule has 6 nitrogen and oxygen atoms in total. The van der Waals surface area contributed by atoms with Crippen LogP contribution >= 0.6 is 11.3 Å². The first-order valence-electron chi connectivity index (χ1n) is 8.05. The largest absolute Gasteiger partial charge is 0.350 e. The molecule has 1 fully saturated rings. The average Bonchev–Trinajstić information content (AvgIpc) is 3.23. The molecule has 2 N–H and O–H groups in total. The monoisotopic (exact) mass is 357 g/mol. The van der Waals surface area contributed by atoms with E-state index in [0.29, 0.717) is 13.0 Å². The van der Waals surface area contributed by atoms with Crippen LogP contribution in [0.2, 0.25) is 0 Å². The molecule has 1 aliphatic heterocycles. The van der Waals surface area contributed by atoms with Gasteiger partial charge < -0.3 is 10.6 Å². The van der Waals surface area contributed by atoms with Crippen LogP contribution in [0.1, 0.15) is 23.8 Å². The van der Waals surface area contributed by atoms with Crippen molar-refractivity contribution in [3.05, 3.63) is 58.3 Å². The SMILES string of the molecule is CC[C@@]1(c2ccccc2)NC(=O)N(CC(=O)NCc2cccs2)C1=O.